The lowest BCUT2D eigenvalue weighted by Gasteiger charge is -2.13. The van der Waals surface area contributed by atoms with Crippen molar-refractivity contribution in [2.45, 2.75) is 18.9 Å². The molecular formula is C9H18N4O4. The summed E-state index contributed by atoms with van der Waals surface area (Å²) in [5.41, 5.74) is 10.1. The average Bonchev–Trinajstić information content (AvgIpc) is 2.31. The van der Waals surface area contributed by atoms with Crippen molar-refractivity contribution < 1.29 is 19.5 Å². The van der Waals surface area contributed by atoms with Crippen LogP contribution in [0.15, 0.2) is 0 Å². The second-order valence-corrected chi connectivity index (χ2v) is 3.36. The van der Waals surface area contributed by atoms with Crippen molar-refractivity contribution in [3.63, 3.8) is 0 Å². The SMILES string of the molecule is NCC(=O)NCCCC(NC(=O)CN)C(=O)O. The molecule has 2 amide bonds. The number of carbonyl (C=O) groups is 3. The van der Waals surface area contributed by atoms with Crippen LogP contribution >= 0.6 is 0 Å². The third-order valence-corrected chi connectivity index (χ3v) is 2.00. The van der Waals surface area contributed by atoms with Crippen LogP contribution in [0.5, 0.6) is 0 Å². The second-order valence-electron chi connectivity index (χ2n) is 3.36. The third-order valence-electron chi connectivity index (χ3n) is 2.00. The molecule has 0 aliphatic carbocycles. The first-order chi connectivity index (χ1) is 8.01. The number of amides is 2. The van der Waals surface area contributed by atoms with Crippen LogP contribution in [0.3, 0.4) is 0 Å². The molecule has 7 N–H and O–H groups in total. The summed E-state index contributed by atoms with van der Waals surface area (Å²) >= 11 is 0. The number of carbonyl (C=O) groups excluding carboxylic acids is 2. The molecule has 0 heterocycles. The van der Waals surface area contributed by atoms with Gasteiger partial charge in [-0.3, -0.25) is 9.59 Å². The zero-order valence-corrected chi connectivity index (χ0v) is 9.44. The summed E-state index contributed by atoms with van der Waals surface area (Å²) in [6, 6.07) is -0.985. The predicted octanol–water partition coefficient (Wildman–Crippen LogP) is -2.63. The Kier molecular flexibility index (Phi) is 7.65. The fourth-order valence-corrected chi connectivity index (χ4v) is 1.12. The smallest absolute Gasteiger partial charge is 0.326 e. The number of hydrogen-bond donors (Lipinski definition) is 5. The molecule has 0 radical (unpaired) electrons. The molecule has 0 saturated heterocycles. The molecule has 0 aromatic heterocycles. The standard InChI is InChI=1S/C9H18N4O4/c10-4-7(14)12-3-1-2-6(9(16)17)13-8(15)5-11/h6H,1-5,10-11H2,(H,12,14)(H,13,15)(H,16,17). The normalized spacial score (nSPS) is 11.6. The summed E-state index contributed by atoms with van der Waals surface area (Å²) in [5.74, 6) is -1.96. The number of carboxylic acids is 1. The van der Waals surface area contributed by atoms with Gasteiger partial charge in [0.15, 0.2) is 0 Å². The maximum Gasteiger partial charge on any atom is 0.326 e. The monoisotopic (exact) mass is 246 g/mol. The molecule has 0 rings (SSSR count). The molecule has 8 nitrogen and oxygen atoms in total. The highest BCUT2D eigenvalue weighted by Gasteiger charge is 2.18. The van der Waals surface area contributed by atoms with Gasteiger partial charge in [0.05, 0.1) is 13.1 Å². The maximum atomic E-state index is 10.9. The molecule has 8 heteroatoms. The molecule has 0 saturated carbocycles. The number of carboxylic acid groups (broad SMARTS) is 1. The molecule has 0 aromatic rings. The van der Waals surface area contributed by atoms with Gasteiger partial charge < -0.3 is 27.2 Å². The van der Waals surface area contributed by atoms with Gasteiger partial charge in [0.25, 0.3) is 0 Å². The van der Waals surface area contributed by atoms with Crippen LogP contribution in [-0.2, 0) is 14.4 Å². The molecule has 0 fully saturated rings. The van der Waals surface area contributed by atoms with Crippen molar-refractivity contribution in [1.29, 1.82) is 0 Å². The van der Waals surface area contributed by atoms with Crippen molar-refractivity contribution in [3.8, 4) is 0 Å². The summed E-state index contributed by atoms with van der Waals surface area (Å²) in [5, 5.41) is 13.6. The van der Waals surface area contributed by atoms with E-state index in [0.29, 0.717) is 13.0 Å². The second kappa shape index (κ2) is 8.48. The zero-order valence-electron chi connectivity index (χ0n) is 9.44. The van der Waals surface area contributed by atoms with Gasteiger partial charge in [-0.25, -0.2) is 4.79 Å². The molecule has 98 valence electrons. The molecule has 0 aliphatic heterocycles. The fraction of sp³-hybridized carbons (Fsp3) is 0.667. The Morgan fingerprint density at radius 1 is 1.12 bits per heavy atom. The van der Waals surface area contributed by atoms with Gasteiger partial charge >= 0.3 is 5.97 Å². The molecule has 0 spiro atoms. The van der Waals surface area contributed by atoms with Crippen molar-refractivity contribution in [2.75, 3.05) is 19.6 Å². The maximum absolute atomic E-state index is 10.9. The van der Waals surface area contributed by atoms with E-state index in [1.807, 2.05) is 0 Å². The van der Waals surface area contributed by atoms with Gasteiger partial charge in [0.1, 0.15) is 6.04 Å². The van der Waals surface area contributed by atoms with Crippen LogP contribution in [0, 0.1) is 0 Å². The fourth-order valence-electron chi connectivity index (χ4n) is 1.12. The van der Waals surface area contributed by atoms with E-state index in [9.17, 15) is 14.4 Å². The highest BCUT2D eigenvalue weighted by Crippen LogP contribution is 1.96. The predicted molar refractivity (Wildman–Crippen MR) is 59.9 cm³/mol. The van der Waals surface area contributed by atoms with Crippen LogP contribution in [0.25, 0.3) is 0 Å². The number of nitrogens with one attached hydrogen (secondary N) is 2. The van der Waals surface area contributed by atoms with E-state index in [1.54, 1.807) is 0 Å². The minimum atomic E-state index is -1.13. The molecule has 1 atom stereocenters. The molecule has 1 unspecified atom stereocenters. The Morgan fingerprint density at radius 3 is 2.18 bits per heavy atom. The van der Waals surface area contributed by atoms with E-state index in [0.717, 1.165) is 0 Å². The van der Waals surface area contributed by atoms with Gasteiger partial charge in [-0.2, -0.15) is 0 Å². The van der Waals surface area contributed by atoms with E-state index in [2.05, 4.69) is 10.6 Å². The highest BCUT2D eigenvalue weighted by molar-refractivity contribution is 5.84. The van der Waals surface area contributed by atoms with Gasteiger partial charge in [0, 0.05) is 6.54 Å². The summed E-state index contributed by atoms with van der Waals surface area (Å²) < 4.78 is 0. The highest BCUT2D eigenvalue weighted by atomic mass is 16.4. The van der Waals surface area contributed by atoms with Crippen LogP contribution in [0.2, 0.25) is 0 Å². The van der Waals surface area contributed by atoms with Crippen LogP contribution in [0.4, 0.5) is 0 Å². The van der Waals surface area contributed by atoms with Gasteiger partial charge in [0.2, 0.25) is 11.8 Å². The van der Waals surface area contributed by atoms with Crippen molar-refractivity contribution in [2.24, 2.45) is 11.5 Å². The first-order valence-electron chi connectivity index (χ1n) is 5.20. The van der Waals surface area contributed by atoms with E-state index in [1.165, 1.54) is 0 Å². The Balaban J connectivity index is 3.90. The van der Waals surface area contributed by atoms with E-state index in [-0.39, 0.29) is 25.4 Å². The quantitative estimate of drug-likeness (QED) is 0.296. The first-order valence-corrected chi connectivity index (χ1v) is 5.20. The Hall–Kier alpha value is -1.67. The molecule has 0 aliphatic rings. The van der Waals surface area contributed by atoms with Gasteiger partial charge in [-0.15, -0.1) is 0 Å². The molecule has 17 heavy (non-hydrogen) atoms. The summed E-state index contributed by atoms with van der Waals surface area (Å²) in [6.45, 7) is -0.0434. The lowest BCUT2D eigenvalue weighted by molar-refractivity contribution is -0.141. The molecule has 0 bridgehead atoms. The Labute approximate surface area is 98.7 Å². The van der Waals surface area contributed by atoms with Crippen molar-refractivity contribution in [3.05, 3.63) is 0 Å². The zero-order chi connectivity index (χ0) is 13.3. The number of aliphatic carboxylic acids is 1. The average molecular weight is 246 g/mol. The van der Waals surface area contributed by atoms with E-state index in [4.69, 9.17) is 16.6 Å². The van der Waals surface area contributed by atoms with Crippen LogP contribution in [-0.4, -0.2) is 48.6 Å². The van der Waals surface area contributed by atoms with Gasteiger partial charge in [-0.1, -0.05) is 0 Å². The van der Waals surface area contributed by atoms with Gasteiger partial charge in [-0.05, 0) is 12.8 Å². The molecular weight excluding hydrogens is 228 g/mol. The van der Waals surface area contributed by atoms with E-state index < -0.39 is 17.9 Å². The largest absolute Gasteiger partial charge is 0.480 e. The minimum Gasteiger partial charge on any atom is -0.480 e. The Bertz CT molecular complexity index is 282. The van der Waals surface area contributed by atoms with Crippen LogP contribution < -0.4 is 22.1 Å². The lowest BCUT2D eigenvalue weighted by Crippen LogP contribution is -2.44. The van der Waals surface area contributed by atoms with Crippen molar-refractivity contribution >= 4 is 17.8 Å². The summed E-state index contributed by atoms with van der Waals surface area (Å²) in [7, 11) is 0. The summed E-state index contributed by atoms with van der Waals surface area (Å²) in [6.07, 6.45) is 0.638. The first kappa shape index (κ1) is 15.3. The molecule has 0 aromatic carbocycles. The minimum absolute atomic E-state index is 0.105. The van der Waals surface area contributed by atoms with E-state index >= 15 is 0 Å². The van der Waals surface area contributed by atoms with Crippen LogP contribution in [0.1, 0.15) is 12.8 Å². The lowest BCUT2D eigenvalue weighted by atomic mass is 10.1. The number of rotatable bonds is 8. The number of hydrogen-bond acceptors (Lipinski definition) is 5. The topological polar surface area (TPSA) is 148 Å². The summed E-state index contributed by atoms with van der Waals surface area (Å²) in [4.78, 5) is 32.5. The number of nitrogens with two attached hydrogens (primary N) is 2. The Morgan fingerprint density at radius 2 is 1.71 bits per heavy atom. The van der Waals surface area contributed by atoms with Crippen molar-refractivity contribution in [1.82, 2.24) is 10.6 Å². The third kappa shape index (κ3) is 7.25.